The van der Waals surface area contributed by atoms with Gasteiger partial charge < -0.3 is 8.25 Å². The number of hydrogen-bond acceptors (Lipinski definition) is 3. The van der Waals surface area contributed by atoms with Crippen LogP contribution in [0.3, 0.4) is 0 Å². The van der Waals surface area contributed by atoms with Crippen molar-refractivity contribution in [2.75, 3.05) is 0 Å². The molecule has 1 heterocycles. The molecule has 0 saturated carbocycles. The molecule has 0 atom stereocenters. The molecule has 1 rings (SSSR count). The number of rotatable bonds is 1. The fraction of sp³-hybridized carbons (Fsp3) is 0.167. The predicted molar refractivity (Wildman–Crippen MR) is 37.8 cm³/mol. The molecule has 3 nitrogen and oxygen atoms in total. The van der Waals surface area contributed by atoms with Crippen molar-refractivity contribution in [2.24, 2.45) is 0 Å². The Hall–Kier alpha value is -0.770. The van der Waals surface area contributed by atoms with Crippen molar-refractivity contribution in [1.82, 2.24) is 0 Å². The molecule has 0 N–H and O–H groups in total. The predicted octanol–water partition coefficient (Wildman–Crippen LogP) is 2.05. The zero-order valence-electron chi connectivity index (χ0n) is 5.26. The molecule has 0 radical (unpaired) electrons. The van der Waals surface area contributed by atoms with Gasteiger partial charge in [-0.2, -0.15) is 0 Å². The molecule has 54 valence electrons. The number of carbonyl (C=O) groups excluding carboxylic acids is 1. The van der Waals surface area contributed by atoms with Crippen molar-refractivity contribution in [3.05, 3.63) is 23.7 Å². The Bertz CT molecular complexity index is 241. The molecule has 0 unspecified atom stereocenters. The summed E-state index contributed by atoms with van der Waals surface area (Å²) in [4.78, 5) is 10.7. The van der Waals surface area contributed by atoms with Gasteiger partial charge in [0.15, 0.2) is 16.3 Å². The van der Waals surface area contributed by atoms with Gasteiger partial charge >= 0.3 is 5.97 Å². The van der Waals surface area contributed by atoms with Crippen molar-refractivity contribution in [2.45, 2.75) is 6.92 Å². The minimum atomic E-state index is -0.512. The Morgan fingerprint density at radius 3 is 2.90 bits per heavy atom. The average molecular weight is 205 g/mol. The summed E-state index contributed by atoms with van der Waals surface area (Å²) in [7, 11) is 0. The molecule has 10 heavy (non-hydrogen) atoms. The fourth-order valence-electron chi connectivity index (χ4n) is 0.617. The first-order valence-corrected chi connectivity index (χ1v) is 3.27. The Kier molecular flexibility index (Phi) is 2.11. The lowest BCUT2D eigenvalue weighted by Gasteiger charge is -1.90. The van der Waals surface area contributed by atoms with Crippen LogP contribution in [0.1, 0.15) is 16.1 Å². The summed E-state index contributed by atoms with van der Waals surface area (Å²) in [5.74, 6) is -0.278. The number of carbonyl (C=O) groups is 1. The van der Waals surface area contributed by atoms with Crippen LogP contribution in [0.2, 0.25) is 0 Å². The third kappa shape index (κ3) is 1.21. The second-order valence-electron chi connectivity index (χ2n) is 1.80. The van der Waals surface area contributed by atoms with E-state index in [0.29, 0.717) is 0 Å². The van der Waals surface area contributed by atoms with Crippen molar-refractivity contribution in [1.29, 1.82) is 0 Å². The SMILES string of the molecule is Cc1ccoc1C(=O)OBr. The van der Waals surface area contributed by atoms with Crippen LogP contribution < -0.4 is 0 Å². The number of aryl methyl sites for hydroxylation is 1. The summed E-state index contributed by atoms with van der Waals surface area (Å²) in [5, 5.41) is 0. The van der Waals surface area contributed by atoms with Crippen LogP contribution >= 0.6 is 16.3 Å². The third-order valence-corrected chi connectivity index (χ3v) is 1.41. The normalized spacial score (nSPS) is 9.40. The van der Waals surface area contributed by atoms with Gasteiger partial charge in [-0.25, -0.2) is 4.79 Å². The maximum Gasteiger partial charge on any atom is 0.385 e. The molecule has 0 amide bonds. The minimum absolute atomic E-state index is 0.233. The molecular formula is C6H5BrO3. The van der Waals surface area contributed by atoms with Gasteiger partial charge in [0.05, 0.1) is 6.26 Å². The van der Waals surface area contributed by atoms with Crippen LogP contribution in [0.25, 0.3) is 0 Å². The molecular weight excluding hydrogens is 200 g/mol. The Labute approximate surface area is 66.4 Å². The summed E-state index contributed by atoms with van der Waals surface area (Å²) in [6.45, 7) is 1.77. The largest absolute Gasteiger partial charge is 0.457 e. The van der Waals surface area contributed by atoms with Crippen molar-refractivity contribution < 1.29 is 13.0 Å². The molecule has 0 aromatic carbocycles. The Morgan fingerprint density at radius 2 is 2.50 bits per heavy atom. The summed E-state index contributed by atoms with van der Waals surface area (Å²) >= 11 is 2.56. The maximum absolute atomic E-state index is 10.7. The summed E-state index contributed by atoms with van der Waals surface area (Å²) in [6.07, 6.45) is 1.44. The second-order valence-corrected chi connectivity index (χ2v) is 2.12. The van der Waals surface area contributed by atoms with E-state index in [-0.39, 0.29) is 5.76 Å². The fourth-order valence-corrected chi connectivity index (χ4v) is 0.764. The molecule has 1 aromatic heterocycles. The molecule has 1 aromatic rings. The lowest BCUT2D eigenvalue weighted by Crippen LogP contribution is -1.96. The smallest absolute Gasteiger partial charge is 0.385 e. The zero-order valence-corrected chi connectivity index (χ0v) is 6.84. The van der Waals surface area contributed by atoms with Crippen molar-refractivity contribution >= 4 is 22.2 Å². The Morgan fingerprint density at radius 1 is 1.80 bits per heavy atom. The van der Waals surface area contributed by atoms with Crippen LogP contribution in [0.4, 0.5) is 0 Å². The summed E-state index contributed by atoms with van der Waals surface area (Å²) < 4.78 is 9.07. The number of furan rings is 1. The van der Waals surface area contributed by atoms with Crippen LogP contribution in [0, 0.1) is 6.92 Å². The monoisotopic (exact) mass is 204 g/mol. The highest BCUT2D eigenvalue weighted by atomic mass is 79.9. The second kappa shape index (κ2) is 2.88. The molecule has 0 aliphatic carbocycles. The quantitative estimate of drug-likeness (QED) is 0.704. The van der Waals surface area contributed by atoms with Gasteiger partial charge in [-0.1, -0.05) is 0 Å². The molecule has 4 heteroatoms. The molecule has 0 saturated heterocycles. The highest BCUT2D eigenvalue weighted by Gasteiger charge is 2.12. The summed E-state index contributed by atoms with van der Waals surface area (Å²) in [6, 6.07) is 1.69. The topological polar surface area (TPSA) is 39.4 Å². The van der Waals surface area contributed by atoms with Gasteiger partial charge in [-0.3, -0.25) is 0 Å². The minimum Gasteiger partial charge on any atom is -0.457 e. The lowest BCUT2D eigenvalue weighted by atomic mass is 10.3. The van der Waals surface area contributed by atoms with Crippen molar-refractivity contribution in [3.8, 4) is 0 Å². The van der Waals surface area contributed by atoms with E-state index in [0.717, 1.165) is 5.56 Å². The van der Waals surface area contributed by atoms with Gasteiger partial charge in [0.2, 0.25) is 5.76 Å². The average Bonchev–Trinajstić information content (AvgIpc) is 2.34. The lowest BCUT2D eigenvalue weighted by molar-refractivity contribution is 0.0748. The maximum atomic E-state index is 10.7. The van der Waals surface area contributed by atoms with E-state index in [1.54, 1.807) is 13.0 Å². The standard InChI is InChI=1S/C6H5BrO3/c1-4-2-3-9-5(4)6(8)10-7/h2-3H,1H3. The van der Waals surface area contributed by atoms with E-state index in [4.69, 9.17) is 4.42 Å². The van der Waals surface area contributed by atoms with E-state index in [2.05, 4.69) is 20.1 Å². The first-order valence-electron chi connectivity index (χ1n) is 2.62. The molecule has 0 aliphatic heterocycles. The molecule has 0 fully saturated rings. The van der Waals surface area contributed by atoms with Crippen LogP contribution in [-0.2, 0) is 3.83 Å². The molecule has 0 spiro atoms. The zero-order chi connectivity index (χ0) is 7.56. The van der Waals surface area contributed by atoms with Gasteiger partial charge in [0, 0.05) is 5.56 Å². The van der Waals surface area contributed by atoms with E-state index in [1.807, 2.05) is 0 Å². The van der Waals surface area contributed by atoms with Gasteiger partial charge in [-0.15, -0.1) is 0 Å². The van der Waals surface area contributed by atoms with Crippen LogP contribution in [0.5, 0.6) is 0 Å². The number of halogens is 1. The summed E-state index contributed by atoms with van der Waals surface area (Å²) in [5.41, 5.74) is 0.768. The Balaban J connectivity index is 2.93. The first-order chi connectivity index (χ1) is 4.75. The van der Waals surface area contributed by atoms with E-state index in [9.17, 15) is 4.79 Å². The van der Waals surface area contributed by atoms with E-state index < -0.39 is 5.97 Å². The number of hydrogen-bond donors (Lipinski definition) is 0. The molecule has 0 aliphatic rings. The molecule has 0 bridgehead atoms. The highest BCUT2D eigenvalue weighted by Crippen LogP contribution is 2.10. The van der Waals surface area contributed by atoms with Crippen LogP contribution in [0.15, 0.2) is 16.7 Å². The van der Waals surface area contributed by atoms with Gasteiger partial charge in [-0.05, 0) is 13.0 Å². The third-order valence-electron chi connectivity index (χ3n) is 1.12. The van der Waals surface area contributed by atoms with Gasteiger partial charge in [0.25, 0.3) is 0 Å². The van der Waals surface area contributed by atoms with E-state index >= 15 is 0 Å². The van der Waals surface area contributed by atoms with Crippen LogP contribution in [-0.4, -0.2) is 5.97 Å². The highest BCUT2D eigenvalue weighted by molar-refractivity contribution is 9.06. The first kappa shape index (κ1) is 7.34. The van der Waals surface area contributed by atoms with Gasteiger partial charge in [0.1, 0.15) is 0 Å². The van der Waals surface area contributed by atoms with E-state index in [1.165, 1.54) is 6.26 Å². The van der Waals surface area contributed by atoms with Crippen molar-refractivity contribution in [3.63, 3.8) is 0 Å².